The Morgan fingerprint density at radius 1 is 0.950 bits per heavy atom. The van der Waals surface area contributed by atoms with Crippen LogP contribution in [0.15, 0.2) is 51.7 Å². The summed E-state index contributed by atoms with van der Waals surface area (Å²) in [5.74, 6) is 0.413. The SMILES string of the molecule is O=C(NCC(=O)N1CCC(c2ccccc2CN2CCCCC2=O)CC1)c1cc(=O)c2cc3c(cc2o1)OCO3. The van der Waals surface area contributed by atoms with Crippen LogP contribution in [0, 0.1) is 0 Å². The lowest BCUT2D eigenvalue weighted by Crippen LogP contribution is -2.44. The standard InChI is InChI=1S/C30H31N3O7/c34-23-14-27(40-24-15-26-25(13-22(23)24)38-18-39-26)30(37)31-16-29(36)32-11-8-19(9-12-32)21-6-2-1-5-20(21)17-33-10-4-3-7-28(33)35/h1-2,5-6,13-15,19H,3-4,7-12,16-18H2,(H,31,37). The van der Waals surface area contributed by atoms with E-state index in [-0.39, 0.29) is 47.3 Å². The molecule has 0 unspecified atom stereocenters. The third-order valence-corrected chi connectivity index (χ3v) is 7.97. The molecule has 2 fully saturated rings. The molecule has 3 aromatic rings. The summed E-state index contributed by atoms with van der Waals surface area (Å²) < 4.78 is 16.3. The van der Waals surface area contributed by atoms with E-state index in [0.717, 1.165) is 38.3 Å². The number of nitrogens with zero attached hydrogens (tertiary/aromatic N) is 2. The summed E-state index contributed by atoms with van der Waals surface area (Å²) in [6.45, 7) is 2.45. The first-order chi connectivity index (χ1) is 19.5. The first-order valence-electron chi connectivity index (χ1n) is 13.8. The van der Waals surface area contributed by atoms with Gasteiger partial charge in [-0.15, -0.1) is 0 Å². The van der Waals surface area contributed by atoms with Gasteiger partial charge in [-0.2, -0.15) is 0 Å². The average molecular weight is 546 g/mol. The molecule has 10 nitrogen and oxygen atoms in total. The Morgan fingerprint density at radius 2 is 1.73 bits per heavy atom. The highest BCUT2D eigenvalue weighted by Crippen LogP contribution is 2.35. The zero-order chi connectivity index (χ0) is 27.6. The lowest BCUT2D eigenvalue weighted by Gasteiger charge is -2.34. The Morgan fingerprint density at radius 3 is 2.52 bits per heavy atom. The maximum Gasteiger partial charge on any atom is 0.287 e. The highest BCUT2D eigenvalue weighted by Gasteiger charge is 2.27. The molecule has 0 bridgehead atoms. The Labute approximate surface area is 230 Å². The van der Waals surface area contributed by atoms with E-state index in [1.165, 1.54) is 23.3 Å². The van der Waals surface area contributed by atoms with Crippen LogP contribution in [-0.2, 0) is 16.1 Å². The van der Waals surface area contributed by atoms with Gasteiger partial charge in [0, 0.05) is 44.7 Å². The minimum atomic E-state index is -0.638. The fourth-order valence-electron chi connectivity index (χ4n) is 5.76. The summed E-state index contributed by atoms with van der Waals surface area (Å²) >= 11 is 0. The average Bonchev–Trinajstić information content (AvgIpc) is 3.44. The van der Waals surface area contributed by atoms with Gasteiger partial charge in [-0.05, 0) is 48.8 Å². The molecule has 0 aliphatic carbocycles. The molecule has 0 saturated carbocycles. The number of ether oxygens (including phenoxy) is 2. The minimum absolute atomic E-state index is 0.0542. The van der Waals surface area contributed by atoms with Crippen LogP contribution in [0.4, 0.5) is 0 Å². The van der Waals surface area contributed by atoms with Crippen molar-refractivity contribution in [3.8, 4) is 11.5 Å². The maximum atomic E-state index is 12.9. The van der Waals surface area contributed by atoms with Gasteiger partial charge in [0.15, 0.2) is 22.7 Å². The van der Waals surface area contributed by atoms with Gasteiger partial charge in [0.1, 0.15) is 5.58 Å². The smallest absolute Gasteiger partial charge is 0.287 e. The largest absolute Gasteiger partial charge is 0.454 e. The lowest BCUT2D eigenvalue weighted by molar-refractivity contribution is -0.134. The van der Waals surface area contributed by atoms with Gasteiger partial charge in [0.2, 0.25) is 18.6 Å². The highest BCUT2D eigenvalue weighted by molar-refractivity contribution is 5.95. The number of piperidine rings is 2. The molecule has 208 valence electrons. The minimum Gasteiger partial charge on any atom is -0.454 e. The van der Waals surface area contributed by atoms with Gasteiger partial charge in [0.25, 0.3) is 5.91 Å². The van der Waals surface area contributed by atoms with Crippen molar-refractivity contribution in [2.75, 3.05) is 33.0 Å². The fourth-order valence-corrected chi connectivity index (χ4v) is 5.76. The zero-order valence-electron chi connectivity index (χ0n) is 22.1. The van der Waals surface area contributed by atoms with Gasteiger partial charge < -0.3 is 29.0 Å². The van der Waals surface area contributed by atoms with Crippen molar-refractivity contribution in [1.82, 2.24) is 15.1 Å². The molecule has 1 aromatic heterocycles. The van der Waals surface area contributed by atoms with Gasteiger partial charge >= 0.3 is 0 Å². The number of rotatable bonds is 6. The second-order valence-corrected chi connectivity index (χ2v) is 10.5. The Bertz CT molecular complexity index is 1520. The second kappa shape index (κ2) is 11.0. The first kappa shape index (κ1) is 25.9. The predicted molar refractivity (Wildman–Crippen MR) is 145 cm³/mol. The Balaban J connectivity index is 1.05. The number of carbonyl (C=O) groups is 3. The van der Waals surface area contributed by atoms with Crippen molar-refractivity contribution in [3.05, 3.63) is 69.6 Å². The van der Waals surface area contributed by atoms with E-state index in [2.05, 4.69) is 17.4 Å². The van der Waals surface area contributed by atoms with Crippen molar-refractivity contribution >= 4 is 28.7 Å². The molecule has 2 saturated heterocycles. The van der Waals surface area contributed by atoms with Crippen molar-refractivity contribution in [2.24, 2.45) is 0 Å². The molecule has 3 aliphatic rings. The number of hydrogen-bond donors (Lipinski definition) is 1. The number of carbonyl (C=O) groups excluding carboxylic acids is 3. The summed E-state index contributed by atoms with van der Waals surface area (Å²) in [5, 5.41) is 2.87. The molecule has 3 amide bonds. The van der Waals surface area contributed by atoms with E-state index in [0.29, 0.717) is 43.5 Å². The molecule has 1 N–H and O–H groups in total. The third-order valence-electron chi connectivity index (χ3n) is 7.97. The topological polar surface area (TPSA) is 118 Å². The highest BCUT2D eigenvalue weighted by atomic mass is 16.7. The van der Waals surface area contributed by atoms with E-state index in [1.54, 1.807) is 4.90 Å². The van der Waals surface area contributed by atoms with Crippen molar-refractivity contribution < 1.29 is 28.3 Å². The fraction of sp³-hybridized carbons (Fsp3) is 0.400. The van der Waals surface area contributed by atoms with E-state index in [1.807, 2.05) is 17.0 Å². The van der Waals surface area contributed by atoms with Gasteiger partial charge in [-0.3, -0.25) is 19.2 Å². The molecule has 3 aliphatic heterocycles. The third kappa shape index (κ3) is 5.25. The van der Waals surface area contributed by atoms with E-state index in [9.17, 15) is 19.2 Å². The summed E-state index contributed by atoms with van der Waals surface area (Å²) in [4.78, 5) is 54.2. The number of likely N-dealkylation sites (tertiary alicyclic amines) is 2. The molecule has 40 heavy (non-hydrogen) atoms. The van der Waals surface area contributed by atoms with Crippen LogP contribution in [0.25, 0.3) is 11.0 Å². The van der Waals surface area contributed by atoms with Crippen molar-refractivity contribution in [2.45, 2.75) is 44.6 Å². The monoisotopic (exact) mass is 545 g/mol. The molecule has 0 radical (unpaired) electrons. The molecule has 10 heteroatoms. The van der Waals surface area contributed by atoms with Crippen LogP contribution in [0.3, 0.4) is 0 Å². The number of hydrogen-bond acceptors (Lipinski definition) is 7. The first-order valence-corrected chi connectivity index (χ1v) is 13.8. The summed E-state index contributed by atoms with van der Waals surface area (Å²) in [7, 11) is 0. The zero-order valence-corrected chi connectivity index (χ0v) is 22.1. The number of amides is 3. The molecular weight excluding hydrogens is 514 g/mol. The van der Waals surface area contributed by atoms with Crippen LogP contribution in [0.1, 0.15) is 59.7 Å². The molecular formula is C30H31N3O7. The van der Waals surface area contributed by atoms with Crippen molar-refractivity contribution in [3.63, 3.8) is 0 Å². The normalized spacial score (nSPS) is 17.4. The molecule has 4 heterocycles. The molecule has 0 spiro atoms. The molecule has 2 aromatic carbocycles. The van der Waals surface area contributed by atoms with Gasteiger partial charge in [-0.1, -0.05) is 24.3 Å². The van der Waals surface area contributed by atoms with Crippen molar-refractivity contribution in [1.29, 1.82) is 0 Å². The number of nitrogens with one attached hydrogen (secondary N) is 1. The maximum absolute atomic E-state index is 12.9. The van der Waals surface area contributed by atoms with Crippen LogP contribution in [-0.4, -0.2) is 60.5 Å². The van der Waals surface area contributed by atoms with Crippen LogP contribution in [0.2, 0.25) is 0 Å². The molecule has 6 rings (SSSR count). The van der Waals surface area contributed by atoms with E-state index >= 15 is 0 Å². The lowest BCUT2D eigenvalue weighted by atomic mass is 9.86. The van der Waals surface area contributed by atoms with Gasteiger partial charge in [-0.25, -0.2) is 0 Å². The van der Waals surface area contributed by atoms with E-state index < -0.39 is 5.91 Å². The predicted octanol–water partition coefficient (Wildman–Crippen LogP) is 3.17. The van der Waals surface area contributed by atoms with Gasteiger partial charge in [0.05, 0.1) is 11.9 Å². The second-order valence-electron chi connectivity index (χ2n) is 10.5. The Hall–Kier alpha value is -4.34. The number of fused-ring (bicyclic) bond motifs is 2. The van der Waals surface area contributed by atoms with Crippen LogP contribution in [0.5, 0.6) is 11.5 Å². The van der Waals surface area contributed by atoms with Crippen LogP contribution < -0.4 is 20.2 Å². The number of benzene rings is 2. The Kier molecular flexibility index (Phi) is 7.15. The van der Waals surface area contributed by atoms with Crippen LogP contribution >= 0.6 is 0 Å². The quantitative estimate of drug-likeness (QED) is 0.506. The summed E-state index contributed by atoms with van der Waals surface area (Å²) in [6.07, 6.45) is 4.25. The van der Waals surface area contributed by atoms with E-state index in [4.69, 9.17) is 13.9 Å². The molecule has 0 atom stereocenters. The summed E-state index contributed by atoms with van der Waals surface area (Å²) in [6, 6.07) is 12.5. The summed E-state index contributed by atoms with van der Waals surface area (Å²) in [5.41, 5.74) is 2.24.